The molecule has 2 aliphatic rings. The molecule has 1 atom stereocenters. The number of aromatic nitrogens is 2. The molecule has 3 aromatic rings. The van der Waals surface area contributed by atoms with Crippen molar-refractivity contribution in [3.8, 4) is 0 Å². The fraction of sp³-hybridized carbons (Fsp3) is 0.375. The van der Waals surface area contributed by atoms with Gasteiger partial charge in [0.1, 0.15) is 6.04 Å². The number of hydrogen-bond acceptors (Lipinski definition) is 5. The Kier molecular flexibility index (Phi) is 6.20. The molecule has 2 amide bonds. The number of anilines is 2. The lowest BCUT2D eigenvalue weighted by atomic mass is 10.1. The molecular formula is C24H24F3N5O3. The molecule has 8 nitrogen and oxygen atoms in total. The monoisotopic (exact) mass is 487 g/mol. The van der Waals surface area contributed by atoms with Crippen molar-refractivity contribution in [1.82, 2.24) is 14.5 Å². The quantitative estimate of drug-likeness (QED) is 0.577. The number of carbonyl (C=O) groups excluding carboxylic acids is 2. The molecule has 0 unspecified atom stereocenters. The Morgan fingerprint density at radius 2 is 1.86 bits per heavy atom. The molecular weight excluding hydrogens is 463 g/mol. The molecule has 11 heteroatoms. The Morgan fingerprint density at radius 3 is 2.63 bits per heavy atom. The summed E-state index contributed by atoms with van der Waals surface area (Å²) in [5, 5.41) is 2.51. The van der Waals surface area contributed by atoms with Crippen LogP contribution in [0.4, 0.5) is 24.8 Å². The lowest BCUT2D eigenvalue weighted by Gasteiger charge is -2.28. The van der Waals surface area contributed by atoms with Crippen molar-refractivity contribution < 1.29 is 27.5 Å². The number of rotatable bonds is 6. The number of para-hydroxylation sites is 2. The average Bonchev–Trinajstić information content (AvgIpc) is 3.32. The van der Waals surface area contributed by atoms with Gasteiger partial charge in [-0.3, -0.25) is 24.0 Å². The Labute approximate surface area is 199 Å². The van der Waals surface area contributed by atoms with E-state index < -0.39 is 23.7 Å². The van der Waals surface area contributed by atoms with E-state index in [1.165, 1.54) is 12.1 Å². The average molecular weight is 487 g/mol. The molecule has 0 bridgehead atoms. The summed E-state index contributed by atoms with van der Waals surface area (Å²) in [5.41, 5.74) is 0.593. The molecule has 2 aliphatic heterocycles. The van der Waals surface area contributed by atoms with Gasteiger partial charge in [-0.05, 0) is 30.3 Å². The van der Waals surface area contributed by atoms with Gasteiger partial charge in [0.25, 0.3) is 5.91 Å². The zero-order valence-electron chi connectivity index (χ0n) is 18.8. The second-order valence-electron chi connectivity index (χ2n) is 8.56. The van der Waals surface area contributed by atoms with E-state index in [2.05, 4.69) is 15.2 Å². The van der Waals surface area contributed by atoms with Crippen LogP contribution in [0.2, 0.25) is 0 Å². The van der Waals surface area contributed by atoms with E-state index in [0.29, 0.717) is 37.8 Å². The smallest absolute Gasteiger partial charge is 0.379 e. The zero-order valence-corrected chi connectivity index (χ0v) is 18.8. The largest absolute Gasteiger partial charge is 0.416 e. The van der Waals surface area contributed by atoms with E-state index >= 15 is 0 Å². The van der Waals surface area contributed by atoms with Crippen molar-refractivity contribution in [2.75, 3.05) is 49.6 Å². The summed E-state index contributed by atoms with van der Waals surface area (Å²) in [6.45, 7) is 3.90. The van der Waals surface area contributed by atoms with Crippen LogP contribution in [0.5, 0.6) is 0 Å². The van der Waals surface area contributed by atoms with Crippen molar-refractivity contribution in [3.05, 3.63) is 54.1 Å². The van der Waals surface area contributed by atoms with Gasteiger partial charge in [0.2, 0.25) is 11.9 Å². The molecule has 5 rings (SSSR count). The first-order chi connectivity index (χ1) is 16.8. The number of carbonyl (C=O) groups is 2. The predicted molar refractivity (Wildman–Crippen MR) is 123 cm³/mol. The molecule has 0 saturated carbocycles. The Bertz CT molecular complexity index is 1250. The van der Waals surface area contributed by atoms with E-state index in [1.54, 1.807) is 9.47 Å². The summed E-state index contributed by atoms with van der Waals surface area (Å²) in [7, 11) is 0. The summed E-state index contributed by atoms with van der Waals surface area (Å²) in [6, 6.07) is 10.9. The van der Waals surface area contributed by atoms with E-state index in [1.807, 2.05) is 24.3 Å². The van der Waals surface area contributed by atoms with Crippen molar-refractivity contribution >= 4 is 34.5 Å². The molecule has 1 aromatic heterocycles. The Hall–Kier alpha value is -3.44. The van der Waals surface area contributed by atoms with Crippen molar-refractivity contribution in [2.45, 2.75) is 18.6 Å². The molecule has 2 aromatic carbocycles. The molecule has 0 aliphatic carbocycles. The van der Waals surface area contributed by atoms with Gasteiger partial charge in [-0.2, -0.15) is 13.2 Å². The van der Waals surface area contributed by atoms with E-state index in [4.69, 9.17) is 4.74 Å². The number of alkyl halides is 3. The minimum absolute atomic E-state index is 0.0233. The second kappa shape index (κ2) is 9.31. The highest BCUT2D eigenvalue weighted by Gasteiger charge is 2.41. The maximum Gasteiger partial charge on any atom is 0.416 e. The third-order valence-corrected chi connectivity index (χ3v) is 6.28. The molecule has 35 heavy (non-hydrogen) atoms. The van der Waals surface area contributed by atoms with Gasteiger partial charge in [-0.15, -0.1) is 0 Å². The lowest BCUT2D eigenvalue weighted by molar-refractivity contribution is -0.137. The number of imidazole rings is 1. The molecule has 1 fully saturated rings. The van der Waals surface area contributed by atoms with Gasteiger partial charge < -0.3 is 10.1 Å². The third-order valence-electron chi connectivity index (χ3n) is 6.28. The van der Waals surface area contributed by atoms with Crippen LogP contribution in [0, 0.1) is 0 Å². The minimum atomic E-state index is -4.52. The van der Waals surface area contributed by atoms with E-state index in [-0.39, 0.29) is 18.0 Å². The molecule has 1 saturated heterocycles. The standard InChI is InChI=1S/C24H24F3N5O3/c25-24(26,27)16-4-3-5-17(14-16)28-21(33)15-20-22(34)31(9-8-30-10-12-35-13-11-30)23-29-18-6-1-2-7-19(18)32(20)23/h1-7,14,20H,8-13,15H2,(H,28,33)/t20-/m1/s1. The van der Waals surface area contributed by atoms with Crippen LogP contribution in [0.15, 0.2) is 48.5 Å². The van der Waals surface area contributed by atoms with Crippen LogP contribution < -0.4 is 10.2 Å². The SMILES string of the molecule is O=C(C[C@@H]1C(=O)N(CCN2CCOCC2)c2nc3ccccc3n21)Nc1cccc(C(F)(F)F)c1. The second-order valence-corrected chi connectivity index (χ2v) is 8.56. The van der Waals surface area contributed by atoms with Crippen LogP contribution in [0.25, 0.3) is 11.0 Å². The summed E-state index contributed by atoms with van der Waals surface area (Å²) in [5.74, 6) is -0.339. The van der Waals surface area contributed by atoms with Gasteiger partial charge in [-0.1, -0.05) is 18.2 Å². The Balaban J connectivity index is 1.37. The molecule has 1 N–H and O–H groups in total. The van der Waals surface area contributed by atoms with Crippen molar-refractivity contribution in [2.24, 2.45) is 0 Å². The molecule has 0 radical (unpaired) electrons. The van der Waals surface area contributed by atoms with Crippen molar-refractivity contribution in [1.29, 1.82) is 0 Å². The first-order valence-electron chi connectivity index (χ1n) is 11.4. The molecule has 3 heterocycles. The van der Waals surface area contributed by atoms with Gasteiger partial charge in [0, 0.05) is 31.9 Å². The number of hydrogen-bond donors (Lipinski definition) is 1. The van der Waals surface area contributed by atoms with Crippen LogP contribution >= 0.6 is 0 Å². The van der Waals surface area contributed by atoms with Crippen LogP contribution in [-0.4, -0.2) is 65.7 Å². The number of nitrogens with zero attached hydrogens (tertiary/aromatic N) is 4. The number of ether oxygens (including phenoxy) is 1. The number of halogens is 3. The van der Waals surface area contributed by atoms with Gasteiger partial charge in [0.15, 0.2) is 0 Å². The number of amides is 2. The molecule has 0 spiro atoms. The lowest BCUT2D eigenvalue weighted by Crippen LogP contribution is -2.42. The highest BCUT2D eigenvalue weighted by molar-refractivity contribution is 6.05. The highest BCUT2D eigenvalue weighted by Crippen LogP contribution is 2.37. The molecule has 184 valence electrons. The summed E-state index contributed by atoms with van der Waals surface area (Å²) in [4.78, 5) is 34.7. The first-order valence-corrected chi connectivity index (χ1v) is 11.4. The van der Waals surface area contributed by atoms with Crippen LogP contribution in [0.1, 0.15) is 18.0 Å². The van der Waals surface area contributed by atoms with Gasteiger partial charge in [-0.25, -0.2) is 4.98 Å². The fourth-order valence-corrected chi connectivity index (χ4v) is 4.53. The summed E-state index contributed by atoms with van der Waals surface area (Å²) >= 11 is 0. The van der Waals surface area contributed by atoms with Crippen LogP contribution in [0.3, 0.4) is 0 Å². The number of benzene rings is 2. The normalized spacial score (nSPS) is 18.8. The minimum Gasteiger partial charge on any atom is -0.379 e. The predicted octanol–water partition coefficient (Wildman–Crippen LogP) is 3.30. The van der Waals surface area contributed by atoms with E-state index in [9.17, 15) is 22.8 Å². The summed E-state index contributed by atoms with van der Waals surface area (Å²) < 4.78 is 46.2. The number of nitrogens with one attached hydrogen (secondary N) is 1. The number of morpholine rings is 1. The van der Waals surface area contributed by atoms with Crippen LogP contribution in [-0.2, 0) is 20.5 Å². The van der Waals surface area contributed by atoms with E-state index in [0.717, 1.165) is 30.7 Å². The Morgan fingerprint density at radius 1 is 1.09 bits per heavy atom. The van der Waals surface area contributed by atoms with Gasteiger partial charge >= 0.3 is 6.18 Å². The first kappa shape index (κ1) is 23.3. The van der Waals surface area contributed by atoms with Gasteiger partial charge in [0.05, 0.1) is 36.2 Å². The zero-order chi connectivity index (χ0) is 24.6. The van der Waals surface area contributed by atoms with Crippen molar-refractivity contribution in [3.63, 3.8) is 0 Å². The fourth-order valence-electron chi connectivity index (χ4n) is 4.53. The maximum atomic E-state index is 13.4. The highest BCUT2D eigenvalue weighted by atomic mass is 19.4. The summed E-state index contributed by atoms with van der Waals surface area (Å²) in [6.07, 6.45) is -4.75. The maximum absolute atomic E-state index is 13.4. The topological polar surface area (TPSA) is 79.7 Å². The third kappa shape index (κ3) is 4.73. The number of fused-ring (bicyclic) bond motifs is 3.